The van der Waals surface area contributed by atoms with E-state index in [1.165, 1.54) is 0 Å². The SMILES string of the molecule is COc1cc(C)c(C(NN)c2cc(C)oc2C)cc1C. The molecule has 20 heavy (non-hydrogen) atoms. The second-order valence-corrected chi connectivity index (χ2v) is 5.15. The summed E-state index contributed by atoms with van der Waals surface area (Å²) in [6.07, 6.45) is 0. The first-order valence-electron chi connectivity index (χ1n) is 6.66. The lowest BCUT2D eigenvalue weighted by Gasteiger charge is -2.20. The van der Waals surface area contributed by atoms with Gasteiger partial charge < -0.3 is 9.15 Å². The Bertz CT molecular complexity index is 617. The van der Waals surface area contributed by atoms with Gasteiger partial charge in [-0.05, 0) is 56.5 Å². The lowest BCUT2D eigenvalue weighted by atomic mass is 9.93. The van der Waals surface area contributed by atoms with Crippen LogP contribution in [0.1, 0.15) is 39.8 Å². The summed E-state index contributed by atoms with van der Waals surface area (Å²) in [6.45, 7) is 7.99. The molecule has 2 rings (SSSR count). The van der Waals surface area contributed by atoms with E-state index in [4.69, 9.17) is 15.0 Å². The van der Waals surface area contributed by atoms with Crippen LogP contribution in [0.25, 0.3) is 0 Å². The van der Waals surface area contributed by atoms with E-state index in [-0.39, 0.29) is 6.04 Å². The van der Waals surface area contributed by atoms with Crippen molar-refractivity contribution in [2.75, 3.05) is 7.11 Å². The van der Waals surface area contributed by atoms with Crippen molar-refractivity contribution < 1.29 is 9.15 Å². The summed E-state index contributed by atoms with van der Waals surface area (Å²) < 4.78 is 11.0. The van der Waals surface area contributed by atoms with Crippen molar-refractivity contribution in [3.05, 3.63) is 52.0 Å². The summed E-state index contributed by atoms with van der Waals surface area (Å²) in [4.78, 5) is 0. The zero-order valence-corrected chi connectivity index (χ0v) is 12.7. The molecule has 3 N–H and O–H groups in total. The number of furan rings is 1. The van der Waals surface area contributed by atoms with Gasteiger partial charge in [0, 0.05) is 5.56 Å². The zero-order valence-electron chi connectivity index (χ0n) is 12.7. The van der Waals surface area contributed by atoms with E-state index in [9.17, 15) is 0 Å². The Morgan fingerprint density at radius 1 is 1.05 bits per heavy atom. The van der Waals surface area contributed by atoms with Crippen LogP contribution >= 0.6 is 0 Å². The maximum Gasteiger partial charge on any atom is 0.122 e. The standard InChI is InChI=1S/C16H22N2O2/c1-9-7-15(19-5)10(2)6-13(9)16(18-17)14-8-11(3)20-12(14)4/h6-8,16,18H,17H2,1-5H3. The molecule has 0 amide bonds. The molecule has 0 fully saturated rings. The quantitative estimate of drug-likeness (QED) is 0.664. The van der Waals surface area contributed by atoms with E-state index >= 15 is 0 Å². The molecule has 1 unspecified atom stereocenters. The number of rotatable bonds is 4. The molecule has 1 aromatic heterocycles. The number of hydrazine groups is 1. The lowest BCUT2D eigenvalue weighted by molar-refractivity contribution is 0.411. The number of aryl methyl sites for hydroxylation is 4. The van der Waals surface area contributed by atoms with E-state index < -0.39 is 0 Å². The number of benzene rings is 1. The first-order chi connectivity index (χ1) is 9.47. The van der Waals surface area contributed by atoms with Crippen LogP contribution in [0.5, 0.6) is 5.75 Å². The second-order valence-electron chi connectivity index (χ2n) is 5.15. The molecular weight excluding hydrogens is 252 g/mol. The van der Waals surface area contributed by atoms with Crippen molar-refractivity contribution in [1.82, 2.24) is 5.43 Å². The van der Waals surface area contributed by atoms with Crippen molar-refractivity contribution in [3.8, 4) is 5.75 Å². The second kappa shape index (κ2) is 5.69. The molecule has 0 aliphatic heterocycles. The van der Waals surface area contributed by atoms with Crippen LogP contribution in [0.3, 0.4) is 0 Å². The molecule has 1 heterocycles. The Morgan fingerprint density at radius 2 is 1.75 bits per heavy atom. The molecule has 1 atom stereocenters. The minimum atomic E-state index is -0.0861. The number of hydrogen-bond acceptors (Lipinski definition) is 4. The minimum absolute atomic E-state index is 0.0861. The van der Waals surface area contributed by atoms with E-state index in [1.807, 2.05) is 32.9 Å². The van der Waals surface area contributed by atoms with Gasteiger partial charge in [-0.2, -0.15) is 0 Å². The van der Waals surface area contributed by atoms with E-state index in [0.29, 0.717) is 0 Å². The fraction of sp³-hybridized carbons (Fsp3) is 0.375. The highest BCUT2D eigenvalue weighted by molar-refractivity contribution is 5.46. The third-order valence-electron chi connectivity index (χ3n) is 3.65. The molecular formula is C16H22N2O2. The Morgan fingerprint density at radius 3 is 2.25 bits per heavy atom. The van der Waals surface area contributed by atoms with Gasteiger partial charge in [0.25, 0.3) is 0 Å². The predicted octanol–water partition coefficient (Wildman–Crippen LogP) is 3.07. The highest BCUT2D eigenvalue weighted by atomic mass is 16.5. The highest BCUT2D eigenvalue weighted by Gasteiger charge is 2.20. The van der Waals surface area contributed by atoms with Crippen molar-refractivity contribution in [2.45, 2.75) is 33.7 Å². The number of hydrogen-bond donors (Lipinski definition) is 2. The van der Waals surface area contributed by atoms with Crippen LogP contribution in [0.2, 0.25) is 0 Å². The average molecular weight is 274 g/mol. The molecule has 4 heteroatoms. The molecule has 0 aliphatic carbocycles. The third kappa shape index (κ3) is 2.57. The number of nitrogens with one attached hydrogen (secondary N) is 1. The summed E-state index contributed by atoms with van der Waals surface area (Å²) in [5.74, 6) is 8.45. The van der Waals surface area contributed by atoms with Crippen LogP contribution in [0.15, 0.2) is 22.6 Å². The number of ether oxygens (including phenoxy) is 1. The smallest absolute Gasteiger partial charge is 0.122 e. The Hall–Kier alpha value is -1.78. The fourth-order valence-electron chi connectivity index (χ4n) is 2.63. The van der Waals surface area contributed by atoms with Gasteiger partial charge >= 0.3 is 0 Å². The minimum Gasteiger partial charge on any atom is -0.496 e. The molecule has 2 aromatic rings. The largest absolute Gasteiger partial charge is 0.496 e. The normalized spacial score (nSPS) is 12.5. The summed E-state index contributed by atoms with van der Waals surface area (Å²) in [7, 11) is 1.68. The summed E-state index contributed by atoms with van der Waals surface area (Å²) >= 11 is 0. The van der Waals surface area contributed by atoms with Crippen LogP contribution < -0.4 is 16.0 Å². The summed E-state index contributed by atoms with van der Waals surface area (Å²) in [5, 5.41) is 0. The molecule has 108 valence electrons. The van der Waals surface area contributed by atoms with Crippen LogP contribution in [-0.2, 0) is 0 Å². The topological polar surface area (TPSA) is 60.4 Å². The maximum atomic E-state index is 5.78. The first-order valence-corrected chi connectivity index (χ1v) is 6.66. The van der Waals surface area contributed by atoms with Gasteiger partial charge in [0.1, 0.15) is 17.3 Å². The Kier molecular flexibility index (Phi) is 4.16. The zero-order chi connectivity index (χ0) is 14.9. The van der Waals surface area contributed by atoms with Gasteiger partial charge in [0.2, 0.25) is 0 Å². The van der Waals surface area contributed by atoms with Gasteiger partial charge in [-0.3, -0.25) is 5.84 Å². The first kappa shape index (κ1) is 14.6. The molecule has 0 saturated carbocycles. The maximum absolute atomic E-state index is 5.78. The molecule has 0 bridgehead atoms. The van der Waals surface area contributed by atoms with E-state index in [0.717, 1.165) is 39.5 Å². The molecule has 0 aliphatic rings. The van der Waals surface area contributed by atoms with E-state index in [2.05, 4.69) is 18.4 Å². The monoisotopic (exact) mass is 274 g/mol. The van der Waals surface area contributed by atoms with Crippen molar-refractivity contribution in [1.29, 1.82) is 0 Å². The predicted molar refractivity (Wildman–Crippen MR) is 79.8 cm³/mol. The van der Waals surface area contributed by atoms with Crippen LogP contribution in [0, 0.1) is 27.7 Å². The molecule has 0 spiro atoms. The molecule has 0 saturated heterocycles. The Labute approximate surface area is 119 Å². The van der Waals surface area contributed by atoms with Gasteiger partial charge in [0.05, 0.1) is 13.2 Å². The molecule has 4 nitrogen and oxygen atoms in total. The van der Waals surface area contributed by atoms with Crippen molar-refractivity contribution >= 4 is 0 Å². The summed E-state index contributed by atoms with van der Waals surface area (Å²) in [6, 6.07) is 6.09. The average Bonchev–Trinajstić information content (AvgIpc) is 2.73. The van der Waals surface area contributed by atoms with Gasteiger partial charge in [-0.25, -0.2) is 5.43 Å². The van der Waals surface area contributed by atoms with Crippen LogP contribution in [-0.4, -0.2) is 7.11 Å². The third-order valence-corrected chi connectivity index (χ3v) is 3.65. The Balaban J connectivity index is 2.52. The highest BCUT2D eigenvalue weighted by Crippen LogP contribution is 2.32. The van der Waals surface area contributed by atoms with Gasteiger partial charge in [-0.15, -0.1) is 0 Å². The summed E-state index contributed by atoms with van der Waals surface area (Å²) in [5.41, 5.74) is 7.32. The molecule has 0 radical (unpaired) electrons. The van der Waals surface area contributed by atoms with Crippen molar-refractivity contribution in [2.24, 2.45) is 5.84 Å². The lowest BCUT2D eigenvalue weighted by Crippen LogP contribution is -2.29. The van der Waals surface area contributed by atoms with Gasteiger partial charge in [-0.1, -0.05) is 6.07 Å². The number of nitrogens with two attached hydrogens (primary N) is 1. The van der Waals surface area contributed by atoms with Crippen LogP contribution in [0.4, 0.5) is 0 Å². The molecule has 1 aromatic carbocycles. The fourth-order valence-corrected chi connectivity index (χ4v) is 2.63. The van der Waals surface area contributed by atoms with E-state index in [1.54, 1.807) is 7.11 Å². The van der Waals surface area contributed by atoms with Gasteiger partial charge in [0.15, 0.2) is 0 Å². The number of methoxy groups -OCH3 is 1. The van der Waals surface area contributed by atoms with Crippen molar-refractivity contribution in [3.63, 3.8) is 0 Å².